The molecule has 3 rings (SSSR count). The molecule has 122 valence electrons. The van der Waals surface area contributed by atoms with Crippen molar-refractivity contribution >= 4 is 23.1 Å². The summed E-state index contributed by atoms with van der Waals surface area (Å²) in [4.78, 5) is 19.8. The molecule has 2 N–H and O–H groups in total. The minimum Gasteiger partial charge on any atom is -0.339 e. The first-order chi connectivity index (χ1) is 12.1. The Labute approximate surface area is 145 Å². The van der Waals surface area contributed by atoms with Crippen LogP contribution in [0.25, 0.3) is 11.3 Å². The Hall–Kier alpha value is -3.72. The largest absolute Gasteiger partial charge is 0.339 e. The normalized spacial score (nSPS) is 9.92. The number of carbonyl (C=O) groups is 1. The van der Waals surface area contributed by atoms with Crippen LogP contribution in [0.1, 0.15) is 12.5 Å². The predicted molar refractivity (Wildman–Crippen MR) is 96.2 cm³/mol. The molecule has 6 heteroatoms. The minimum absolute atomic E-state index is 0.110. The second kappa shape index (κ2) is 7.23. The fourth-order valence-electron chi connectivity index (χ4n) is 2.27. The third kappa shape index (κ3) is 4.18. The van der Waals surface area contributed by atoms with E-state index < -0.39 is 0 Å². The first-order valence-corrected chi connectivity index (χ1v) is 7.61. The zero-order chi connectivity index (χ0) is 17.6. The molecule has 1 aromatic heterocycles. The summed E-state index contributed by atoms with van der Waals surface area (Å²) in [5.41, 5.74) is 3.77. The average Bonchev–Trinajstić information content (AvgIpc) is 2.63. The standard InChI is InChI=1S/C19H15N5O/c1-13(25)22-16-8-4-15(5-9-16)18-11-21-12-19(24-18)23-17-6-2-14(10-20)3-7-17/h2-9,11-12H,1H3,(H,22,25)(H,23,24). The third-order valence-electron chi connectivity index (χ3n) is 3.42. The van der Waals surface area contributed by atoms with Crippen LogP contribution in [0.2, 0.25) is 0 Å². The number of amides is 1. The molecule has 0 atom stereocenters. The van der Waals surface area contributed by atoms with E-state index >= 15 is 0 Å². The molecule has 1 heterocycles. The molecule has 0 fully saturated rings. The number of benzene rings is 2. The molecular weight excluding hydrogens is 314 g/mol. The molecule has 0 radical (unpaired) electrons. The van der Waals surface area contributed by atoms with Gasteiger partial charge in [-0.1, -0.05) is 12.1 Å². The van der Waals surface area contributed by atoms with Crippen LogP contribution in [-0.2, 0) is 4.79 Å². The number of rotatable bonds is 4. The number of anilines is 3. The van der Waals surface area contributed by atoms with Gasteiger partial charge in [-0.25, -0.2) is 4.98 Å². The number of nitrogens with one attached hydrogen (secondary N) is 2. The number of aromatic nitrogens is 2. The van der Waals surface area contributed by atoms with Crippen molar-refractivity contribution in [3.8, 4) is 17.3 Å². The van der Waals surface area contributed by atoms with Gasteiger partial charge in [0, 0.05) is 23.9 Å². The van der Waals surface area contributed by atoms with E-state index in [1.165, 1.54) is 6.92 Å². The van der Waals surface area contributed by atoms with Crippen molar-refractivity contribution in [2.75, 3.05) is 10.6 Å². The molecule has 0 aliphatic carbocycles. The molecule has 0 spiro atoms. The summed E-state index contributed by atoms with van der Waals surface area (Å²) in [7, 11) is 0. The molecule has 25 heavy (non-hydrogen) atoms. The topological polar surface area (TPSA) is 90.7 Å². The lowest BCUT2D eigenvalue weighted by Gasteiger charge is -2.08. The van der Waals surface area contributed by atoms with Crippen molar-refractivity contribution in [2.45, 2.75) is 6.92 Å². The predicted octanol–water partition coefficient (Wildman–Crippen LogP) is 3.72. The molecule has 0 aliphatic heterocycles. The first-order valence-electron chi connectivity index (χ1n) is 7.61. The quantitative estimate of drug-likeness (QED) is 0.761. The molecule has 0 saturated heterocycles. The fraction of sp³-hybridized carbons (Fsp3) is 0.0526. The number of nitriles is 1. The summed E-state index contributed by atoms with van der Waals surface area (Å²) >= 11 is 0. The van der Waals surface area contributed by atoms with Crippen LogP contribution in [0.5, 0.6) is 0 Å². The Bertz CT molecular complexity index is 927. The summed E-state index contributed by atoms with van der Waals surface area (Å²) in [5, 5.41) is 14.7. The lowest BCUT2D eigenvalue weighted by molar-refractivity contribution is -0.114. The van der Waals surface area contributed by atoms with E-state index in [4.69, 9.17) is 5.26 Å². The van der Waals surface area contributed by atoms with Crippen molar-refractivity contribution in [1.82, 2.24) is 9.97 Å². The van der Waals surface area contributed by atoms with E-state index in [1.54, 1.807) is 24.5 Å². The van der Waals surface area contributed by atoms with Crippen LogP contribution >= 0.6 is 0 Å². The lowest BCUT2D eigenvalue weighted by Crippen LogP contribution is -2.05. The Morgan fingerprint density at radius 1 is 1.00 bits per heavy atom. The number of carbonyl (C=O) groups excluding carboxylic acids is 1. The highest BCUT2D eigenvalue weighted by atomic mass is 16.1. The second-order valence-corrected chi connectivity index (χ2v) is 5.36. The van der Waals surface area contributed by atoms with E-state index in [-0.39, 0.29) is 5.91 Å². The highest BCUT2D eigenvalue weighted by Gasteiger charge is 2.04. The molecule has 0 saturated carbocycles. The fourth-order valence-corrected chi connectivity index (χ4v) is 2.27. The third-order valence-corrected chi connectivity index (χ3v) is 3.42. The maximum absolute atomic E-state index is 11.1. The van der Waals surface area contributed by atoms with Crippen LogP contribution in [0.3, 0.4) is 0 Å². The maximum Gasteiger partial charge on any atom is 0.221 e. The zero-order valence-corrected chi connectivity index (χ0v) is 13.5. The second-order valence-electron chi connectivity index (χ2n) is 5.36. The summed E-state index contributed by atoms with van der Waals surface area (Å²) in [5.74, 6) is 0.495. The molecule has 0 unspecified atom stereocenters. The SMILES string of the molecule is CC(=O)Nc1ccc(-c2cncc(Nc3ccc(C#N)cc3)n2)cc1. The van der Waals surface area contributed by atoms with Gasteiger partial charge in [0.05, 0.1) is 29.7 Å². The highest BCUT2D eigenvalue weighted by molar-refractivity contribution is 5.88. The van der Waals surface area contributed by atoms with Crippen molar-refractivity contribution in [3.05, 3.63) is 66.5 Å². The lowest BCUT2D eigenvalue weighted by atomic mass is 10.1. The van der Waals surface area contributed by atoms with Crippen LogP contribution in [-0.4, -0.2) is 15.9 Å². The molecule has 0 bridgehead atoms. The van der Waals surface area contributed by atoms with Gasteiger partial charge in [0.15, 0.2) is 0 Å². The monoisotopic (exact) mass is 329 g/mol. The van der Waals surface area contributed by atoms with Gasteiger partial charge in [-0.15, -0.1) is 0 Å². The van der Waals surface area contributed by atoms with Crippen molar-refractivity contribution < 1.29 is 4.79 Å². The molecule has 0 aliphatic rings. The van der Waals surface area contributed by atoms with Gasteiger partial charge in [0.1, 0.15) is 5.82 Å². The van der Waals surface area contributed by atoms with E-state index in [9.17, 15) is 4.79 Å². The van der Waals surface area contributed by atoms with Crippen molar-refractivity contribution in [3.63, 3.8) is 0 Å². The molecule has 3 aromatic rings. The minimum atomic E-state index is -0.110. The van der Waals surface area contributed by atoms with Crippen LogP contribution in [0, 0.1) is 11.3 Å². The van der Waals surface area contributed by atoms with Crippen LogP contribution < -0.4 is 10.6 Å². The Morgan fingerprint density at radius 3 is 2.32 bits per heavy atom. The van der Waals surface area contributed by atoms with Crippen molar-refractivity contribution in [1.29, 1.82) is 5.26 Å². The average molecular weight is 329 g/mol. The van der Waals surface area contributed by atoms with E-state index in [0.29, 0.717) is 17.1 Å². The smallest absolute Gasteiger partial charge is 0.221 e. The number of nitrogens with zero attached hydrogens (tertiary/aromatic N) is 3. The highest BCUT2D eigenvalue weighted by Crippen LogP contribution is 2.21. The van der Waals surface area contributed by atoms with Gasteiger partial charge in [-0.2, -0.15) is 5.26 Å². The van der Waals surface area contributed by atoms with Crippen molar-refractivity contribution in [2.24, 2.45) is 0 Å². The number of hydrogen-bond donors (Lipinski definition) is 2. The summed E-state index contributed by atoms with van der Waals surface area (Å²) < 4.78 is 0. The molecule has 2 aromatic carbocycles. The van der Waals surface area contributed by atoms with Crippen LogP contribution in [0.4, 0.5) is 17.2 Å². The van der Waals surface area contributed by atoms with Crippen LogP contribution in [0.15, 0.2) is 60.9 Å². The summed E-state index contributed by atoms with van der Waals surface area (Å²) in [6, 6.07) is 16.6. The summed E-state index contributed by atoms with van der Waals surface area (Å²) in [6.07, 6.45) is 3.31. The maximum atomic E-state index is 11.1. The Kier molecular flexibility index (Phi) is 4.67. The number of hydrogen-bond acceptors (Lipinski definition) is 5. The summed E-state index contributed by atoms with van der Waals surface area (Å²) in [6.45, 7) is 1.47. The van der Waals surface area contributed by atoms with Gasteiger partial charge >= 0.3 is 0 Å². The Balaban J connectivity index is 1.78. The zero-order valence-electron chi connectivity index (χ0n) is 13.5. The first kappa shape index (κ1) is 16.1. The van der Waals surface area contributed by atoms with Gasteiger partial charge < -0.3 is 10.6 Å². The van der Waals surface area contributed by atoms with Gasteiger partial charge in [0.25, 0.3) is 0 Å². The molecule has 1 amide bonds. The Morgan fingerprint density at radius 2 is 1.68 bits per heavy atom. The van der Waals surface area contributed by atoms with E-state index in [2.05, 4.69) is 26.7 Å². The van der Waals surface area contributed by atoms with E-state index in [0.717, 1.165) is 16.9 Å². The van der Waals surface area contributed by atoms with Gasteiger partial charge in [-0.3, -0.25) is 9.78 Å². The van der Waals surface area contributed by atoms with E-state index in [1.807, 2.05) is 36.4 Å². The van der Waals surface area contributed by atoms with Gasteiger partial charge in [-0.05, 0) is 36.4 Å². The molecular formula is C19H15N5O. The van der Waals surface area contributed by atoms with Gasteiger partial charge in [0.2, 0.25) is 5.91 Å². The molecule has 6 nitrogen and oxygen atoms in total.